The largest absolute Gasteiger partial charge is 0.384 e. The minimum atomic E-state index is 0.182. The molecule has 1 heterocycles. The van der Waals surface area contributed by atoms with Crippen LogP contribution in [0.5, 0.6) is 0 Å². The van der Waals surface area contributed by atoms with Gasteiger partial charge >= 0.3 is 0 Å². The second kappa shape index (κ2) is 3.49. The van der Waals surface area contributed by atoms with Gasteiger partial charge in [0.2, 0.25) is 0 Å². The summed E-state index contributed by atoms with van der Waals surface area (Å²) in [5.74, 6) is 0. The Labute approximate surface area is 107 Å². The molecule has 88 valence electrons. The van der Waals surface area contributed by atoms with Crippen molar-refractivity contribution in [3.63, 3.8) is 0 Å². The zero-order valence-electron chi connectivity index (χ0n) is 10.7. The molecule has 0 unspecified atom stereocenters. The molecule has 0 aromatic heterocycles. The van der Waals surface area contributed by atoms with E-state index in [1.807, 2.05) is 0 Å². The SMILES string of the molecule is CC(C)(C)c1cc(Br)cc2c1NCC2(C)C. The van der Waals surface area contributed by atoms with Gasteiger partial charge in [-0.2, -0.15) is 0 Å². The number of nitrogens with one attached hydrogen (secondary N) is 1. The molecule has 1 aromatic carbocycles. The Morgan fingerprint density at radius 1 is 1.25 bits per heavy atom. The van der Waals surface area contributed by atoms with Crippen LogP contribution in [0, 0.1) is 0 Å². The molecule has 2 rings (SSSR count). The van der Waals surface area contributed by atoms with Gasteiger partial charge in [-0.05, 0) is 28.7 Å². The molecular weight excluding hydrogens is 262 g/mol. The number of rotatable bonds is 0. The van der Waals surface area contributed by atoms with Crippen molar-refractivity contribution in [2.45, 2.75) is 45.4 Å². The Hall–Kier alpha value is -0.500. The van der Waals surface area contributed by atoms with Crippen LogP contribution in [0.2, 0.25) is 0 Å². The van der Waals surface area contributed by atoms with Gasteiger partial charge in [-0.3, -0.25) is 0 Å². The second-order valence-electron chi connectivity index (χ2n) is 6.36. The summed E-state index contributed by atoms with van der Waals surface area (Å²) in [5.41, 5.74) is 4.61. The fraction of sp³-hybridized carbons (Fsp3) is 0.571. The van der Waals surface area contributed by atoms with E-state index in [4.69, 9.17) is 0 Å². The Balaban J connectivity index is 2.67. The van der Waals surface area contributed by atoms with Crippen molar-refractivity contribution in [2.75, 3.05) is 11.9 Å². The maximum absolute atomic E-state index is 3.63. The van der Waals surface area contributed by atoms with Crippen LogP contribution in [0.3, 0.4) is 0 Å². The predicted octanol–water partition coefficient (Wildman–Crippen LogP) is 4.45. The lowest BCUT2D eigenvalue weighted by atomic mass is 9.81. The molecule has 0 saturated carbocycles. The van der Waals surface area contributed by atoms with Crippen molar-refractivity contribution in [2.24, 2.45) is 0 Å². The highest BCUT2D eigenvalue weighted by atomic mass is 79.9. The Morgan fingerprint density at radius 3 is 2.44 bits per heavy atom. The number of benzene rings is 1. The van der Waals surface area contributed by atoms with Gasteiger partial charge in [0.05, 0.1) is 0 Å². The van der Waals surface area contributed by atoms with Crippen LogP contribution >= 0.6 is 15.9 Å². The number of fused-ring (bicyclic) bond motifs is 1. The summed E-state index contributed by atoms with van der Waals surface area (Å²) < 4.78 is 1.19. The first-order chi connectivity index (χ1) is 7.22. The zero-order valence-corrected chi connectivity index (χ0v) is 12.3. The van der Waals surface area contributed by atoms with Crippen molar-refractivity contribution < 1.29 is 0 Å². The molecule has 1 N–H and O–H groups in total. The van der Waals surface area contributed by atoms with Gasteiger partial charge in [0.1, 0.15) is 0 Å². The highest BCUT2D eigenvalue weighted by Crippen LogP contribution is 2.44. The summed E-state index contributed by atoms with van der Waals surface area (Å²) in [7, 11) is 0. The molecule has 1 aromatic rings. The molecule has 16 heavy (non-hydrogen) atoms. The van der Waals surface area contributed by atoms with E-state index in [9.17, 15) is 0 Å². The molecule has 0 aliphatic carbocycles. The molecular formula is C14H20BrN. The normalized spacial score (nSPS) is 18.1. The van der Waals surface area contributed by atoms with Crippen LogP contribution < -0.4 is 5.32 Å². The maximum atomic E-state index is 3.63. The van der Waals surface area contributed by atoms with Crippen LogP contribution in [0.15, 0.2) is 16.6 Å². The molecule has 2 heteroatoms. The molecule has 0 spiro atoms. The summed E-state index contributed by atoms with van der Waals surface area (Å²) >= 11 is 3.63. The van der Waals surface area contributed by atoms with E-state index in [1.54, 1.807) is 0 Å². The maximum Gasteiger partial charge on any atom is 0.0417 e. The first-order valence-electron chi connectivity index (χ1n) is 5.80. The predicted molar refractivity (Wildman–Crippen MR) is 74.4 cm³/mol. The van der Waals surface area contributed by atoms with E-state index >= 15 is 0 Å². The van der Waals surface area contributed by atoms with Gasteiger partial charge < -0.3 is 5.32 Å². The van der Waals surface area contributed by atoms with E-state index in [0.29, 0.717) is 0 Å². The lowest BCUT2D eigenvalue weighted by molar-refractivity contribution is 0.582. The average molecular weight is 282 g/mol. The third-order valence-corrected chi connectivity index (χ3v) is 3.81. The summed E-state index contributed by atoms with van der Waals surface area (Å²) in [6.45, 7) is 12.4. The number of anilines is 1. The minimum absolute atomic E-state index is 0.182. The highest BCUT2D eigenvalue weighted by molar-refractivity contribution is 9.10. The lowest BCUT2D eigenvalue weighted by Crippen LogP contribution is -2.18. The van der Waals surface area contributed by atoms with Gasteiger partial charge in [-0.15, -0.1) is 0 Å². The fourth-order valence-corrected chi connectivity index (χ4v) is 2.79. The van der Waals surface area contributed by atoms with Crippen molar-refractivity contribution in [1.82, 2.24) is 0 Å². The molecule has 0 saturated heterocycles. The van der Waals surface area contributed by atoms with Crippen molar-refractivity contribution >= 4 is 21.6 Å². The Bertz CT molecular complexity index is 427. The van der Waals surface area contributed by atoms with Crippen LogP contribution in [0.1, 0.15) is 45.7 Å². The quantitative estimate of drug-likeness (QED) is 0.741. The molecule has 1 aliphatic rings. The van der Waals surface area contributed by atoms with E-state index in [1.165, 1.54) is 21.3 Å². The summed E-state index contributed by atoms with van der Waals surface area (Å²) in [6, 6.07) is 4.50. The molecule has 0 radical (unpaired) electrons. The monoisotopic (exact) mass is 281 g/mol. The lowest BCUT2D eigenvalue weighted by Gasteiger charge is -2.24. The number of halogens is 1. The van der Waals surface area contributed by atoms with Crippen LogP contribution in [-0.4, -0.2) is 6.54 Å². The van der Waals surface area contributed by atoms with Gasteiger partial charge in [0.15, 0.2) is 0 Å². The van der Waals surface area contributed by atoms with Crippen molar-refractivity contribution in [3.05, 3.63) is 27.7 Å². The summed E-state index contributed by atoms with van der Waals surface area (Å²) in [6.07, 6.45) is 0. The van der Waals surface area contributed by atoms with Gasteiger partial charge in [-0.25, -0.2) is 0 Å². The van der Waals surface area contributed by atoms with Gasteiger partial charge in [0.25, 0.3) is 0 Å². The third kappa shape index (κ3) is 1.88. The first-order valence-corrected chi connectivity index (χ1v) is 6.59. The van der Waals surface area contributed by atoms with Gasteiger partial charge in [-0.1, -0.05) is 50.5 Å². The van der Waals surface area contributed by atoms with Gasteiger partial charge in [0, 0.05) is 22.1 Å². The fourth-order valence-electron chi connectivity index (χ4n) is 2.33. The van der Waals surface area contributed by atoms with E-state index in [2.05, 4.69) is 68.0 Å². The van der Waals surface area contributed by atoms with E-state index in [0.717, 1.165) is 6.54 Å². The highest BCUT2D eigenvalue weighted by Gasteiger charge is 2.33. The van der Waals surface area contributed by atoms with Crippen LogP contribution in [0.4, 0.5) is 5.69 Å². The van der Waals surface area contributed by atoms with E-state index in [-0.39, 0.29) is 10.8 Å². The zero-order chi connectivity index (χ0) is 12.1. The molecule has 0 bridgehead atoms. The smallest absolute Gasteiger partial charge is 0.0417 e. The number of hydrogen-bond donors (Lipinski definition) is 1. The summed E-state index contributed by atoms with van der Waals surface area (Å²) in [4.78, 5) is 0. The Kier molecular flexibility index (Phi) is 2.61. The second-order valence-corrected chi connectivity index (χ2v) is 7.28. The first kappa shape index (κ1) is 12.0. The van der Waals surface area contributed by atoms with E-state index < -0.39 is 0 Å². The van der Waals surface area contributed by atoms with Crippen molar-refractivity contribution in [1.29, 1.82) is 0 Å². The standard InChI is InChI=1S/C14H20BrN/c1-13(2,3)10-6-9(15)7-11-12(10)16-8-14(11,4)5/h6-7,16H,8H2,1-5H3. The molecule has 0 fully saturated rings. The van der Waals surface area contributed by atoms with Crippen LogP contribution in [0.25, 0.3) is 0 Å². The molecule has 0 atom stereocenters. The third-order valence-electron chi connectivity index (χ3n) is 3.35. The minimum Gasteiger partial charge on any atom is -0.384 e. The van der Waals surface area contributed by atoms with Crippen LogP contribution in [-0.2, 0) is 10.8 Å². The Morgan fingerprint density at radius 2 is 1.88 bits per heavy atom. The molecule has 1 nitrogen and oxygen atoms in total. The molecule has 1 aliphatic heterocycles. The topological polar surface area (TPSA) is 12.0 Å². The number of hydrogen-bond acceptors (Lipinski definition) is 1. The summed E-state index contributed by atoms with van der Waals surface area (Å²) in [5, 5.41) is 3.57. The average Bonchev–Trinajstić information content (AvgIpc) is 2.40. The van der Waals surface area contributed by atoms with Crippen molar-refractivity contribution in [3.8, 4) is 0 Å². The molecule has 0 amide bonds.